The summed E-state index contributed by atoms with van der Waals surface area (Å²) in [4.78, 5) is 11.6. The van der Waals surface area contributed by atoms with Gasteiger partial charge in [-0.15, -0.1) is 0 Å². The van der Waals surface area contributed by atoms with Gasteiger partial charge >= 0.3 is 6.18 Å². The van der Waals surface area contributed by atoms with E-state index < -0.39 is 27.8 Å². The fourth-order valence-corrected chi connectivity index (χ4v) is 2.72. The zero-order chi connectivity index (χ0) is 18.1. The Labute approximate surface area is 135 Å². The Kier molecular flexibility index (Phi) is 4.68. The van der Waals surface area contributed by atoms with Crippen LogP contribution in [0.25, 0.3) is 0 Å². The number of hydrogen-bond acceptors (Lipinski definition) is 3. The average molecular weight is 359 g/mol. The van der Waals surface area contributed by atoms with Crippen LogP contribution in [0.3, 0.4) is 0 Å². The van der Waals surface area contributed by atoms with Crippen LogP contribution in [0, 0.1) is 6.92 Å². The Morgan fingerprint density at radius 2 is 1.67 bits per heavy atom. The monoisotopic (exact) mass is 359 g/mol. The normalized spacial score (nSPS) is 12.0. The van der Waals surface area contributed by atoms with E-state index >= 15 is 0 Å². The summed E-state index contributed by atoms with van der Waals surface area (Å²) in [7, 11) is -4.45. The Morgan fingerprint density at radius 1 is 1.08 bits per heavy atom. The lowest BCUT2D eigenvalue weighted by molar-refractivity contribution is -0.137. The van der Waals surface area contributed by atoms with Crippen LogP contribution >= 0.6 is 0 Å². The molecule has 0 unspecified atom stereocenters. The van der Waals surface area contributed by atoms with Crippen molar-refractivity contribution in [2.45, 2.75) is 18.0 Å². The number of anilines is 1. The van der Waals surface area contributed by atoms with E-state index in [1.807, 2.05) is 0 Å². The molecule has 0 spiro atoms. The number of benzene rings is 2. The minimum Gasteiger partial charge on any atom is -0.322 e. The summed E-state index contributed by atoms with van der Waals surface area (Å²) >= 11 is 0. The fraction of sp³-hybridized carbons (Fsp3) is 0.133. The van der Waals surface area contributed by atoms with Gasteiger partial charge in [-0.3, -0.25) is 9.35 Å². The second-order valence-electron chi connectivity index (χ2n) is 4.98. The molecule has 0 aromatic heterocycles. The van der Waals surface area contributed by atoms with Gasteiger partial charge in [-0.05, 0) is 48.9 Å². The van der Waals surface area contributed by atoms with Gasteiger partial charge in [0.2, 0.25) is 0 Å². The number of halogens is 3. The molecule has 0 aliphatic heterocycles. The summed E-state index contributed by atoms with van der Waals surface area (Å²) in [5.41, 5.74) is -0.553. The molecule has 0 heterocycles. The first-order chi connectivity index (χ1) is 11.0. The highest BCUT2D eigenvalue weighted by Gasteiger charge is 2.30. The minimum atomic E-state index is -4.50. The second kappa shape index (κ2) is 6.25. The largest absolute Gasteiger partial charge is 0.416 e. The van der Waals surface area contributed by atoms with Gasteiger partial charge in [0, 0.05) is 11.3 Å². The van der Waals surface area contributed by atoms with Crippen molar-refractivity contribution in [1.29, 1.82) is 0 Å². The number of nitrogens with one attached hydrogen (secondary N) is 1. The molecule has 2 aromatic rings. The first-order valence-corrected chi connectivity index (χ1v) is 7.99. The van der Waals surface area contributed by atoms with Gasteiger partial charge in [0.1, 0.15) is 0 Å². The predicted octanol–water partition coefficient (Wildman–Crippen LogP) is 3.51. The van der Waals surface area contributed by atoms with Crippen LogP contribution in [0.5, 0.6) is 0 Å². The first kappa shape index (κ1) is 18.0. The topological polar surface area (TPSA) is 83.5 Å². The highest BCUT2D eigenvalue weighted by molar-refractivity contribution is 7.85. The minimum absolute atomic E-state index is 0.0306. The smallest absolute Gasteiger partial charge is 0.322 e. The molecular weight excluding hydrogens is 347 g/mol. The zero-order valence-electron chi connectivity index (χ0n) is 12.3. The molecular formula is C15H12F3NO4S. The number of carbonyl (C=O) groups is 1. The maximum Gasteiger partial charge on any atom is 0.416 e. The Hall–Kier alpha value is -2.39. The van der Waals surface area contributed by atoms with Gasteiger partial charge in [-0.25, -0.2) is 0 Å². The Morgan fingerprint density at radius 3 is 2.17 bits per heavy atom. The van der Waals surface area contributed by atoms with Crippen LogP contribution in [-0.2, 0) is 16.3 Å². The molecule has 5 nitrogen and oxygen atoms in total. The van der Waals surface area contributed by atoms with Crippen LogP contribution in [0.15, 0.2) is 47.4 Å². The number of alkyl halides is 3. The van der Waals surface area contributed by atoms with Crippen molar-refractivity contribution in [1.82, 2.24) is 0 Å². The van der Waals surface area contributed by atoms with Crippen molar-refractivity contribution >= 4 is 21.7 Å². The van der Waals surface area contributed by atoms with E-state index in [0.717, 1.165) is 30.3 Å². The lowest BCUT2D eigenvalue weighted by atomic mass is 10.1. The molecule has 1 amide bonds. The van der Waals surface area contributed by atoms with Crippen molar-refractivity contribution in [2.24, 2.45) is 0 Å². The van der Waals surface area contributed by atoms with Gasteiger partial charge in [0.05, 0.1) is 10.5 Å². The summed E-state index contributed by atoms with van der Waals surface area (Å²) < 4.78 is 69.0. The molecule has 0 aliphatic rings. The molecule has 0 aliphatic carbocycles. The third kappa shape index (κ3) is 4.12. The van der Waals surface area contributed by atoms with E-state index in [2.05, 4.69) is 5.32 Å². The van der Waals surface area contributed by atoms with E-state index in [-0.39, 0.29) is 21.7 Å². The SMILES string of the molecule is Cc1ccc(NC(=O)c2ccc(C(F)(F)F)cc2)cc1S(=O)(=O)O. The number of carbonyl (C=O) groups excluding carboxylic acids is 1. The lowest BCUT2D eigenvalue weighted by Gasteiger charge is -2.10. The van der Waals surface area contributed by atoms with E-state index in [9.17, 15) is 26.4 Å². The van der Waals surface area contributed by atoms with Gasteiger partial charge in [-0.1, -0.05) is 6.07 Å². The third-order valence-corrected chi connectivity index (χ3v) is 4.19. The Bertz CT molecular complexity index is 875. The van der Waals surface area contributed by atoms with Crippen LogP contribution in [0.2, 0.25) is 0 Å². The first-order valence-electron chi connectivity index (χ1n) is 6.55. The molecule has 24 heavy (non-hydrogen) atoms. The number of rotatable bonds is 3. The molecule has 2 aromatic carbocycles. The second-order valence-corrected chi connectivity index (χ2v) is 6.37. The maximum atomic E-state index is 12.5. The molecule has 9 heteroatoms. The maximum absolute atomic E-state index is 12.5. The number of amides is 1. The Balaban J connectivity index is 2.24. The van der Waals surface area contributed by atoms with Crippen LogP contribution in [-0.4, -0.2) is 18.9 Å². The average Bonchev–Trinajstić information content (AvgIpc) is 2.47. The molecule has 0 atom stereocenters. The number of aryl methyl sites for hydroxylation is 1. The van der Waals surface area contributed by atoms with Gasteiger partial charge in [0.15, 0.2) is 0 Å². The van der Waals surface area contributed by atoms with Crippen molar-refractivity contribution in [2.75, 3.05) is 5.32 Å². The summed E-state index contributed by atoms with van der Waals surface area (Å²) in [6, 6.07) is 7.41. The summed E-state index contributed by atoms with van der Waals surface area (Å²) in [5, 5.41) is 2.36. The van der Waals surface area contributed by atoms with Crippen molar-refractivity contribution < 1.29 is 30.9 Å². The highest BCUT2D eigenvalue weighted by Crippen LogP contribution is 2.29. The van der Waals surface area contributed by atoms with Crippen molar-refractivity contribution in [3.8, 4) is 0 Å². The fourth-order valence-electron chi connectivity index (χ4n) is 1.97. The summed E-state index contributed by atoms with van der Waals surface area (Å²) in [6.45, 7) is 1.46. The quantitative estimate of drug-likeness (QED) is 0.822. The standard InChI is InChI=1S/C15H12F3NO4S/c1-9-2-7-12(8-13(9)24(21,22)23)19-14(20)10-3-5-11(6-4-10)15(16,17)18/h2-8H,1H3,(H,19,20)(H,21,22,23). The van der Waals surface area contributed by atoms with E-state index in [1.165, 1.54) is 19.1 Å². The van der Waals surface area contributed by atoms with Crippen molar-refractivity contribution in [3.05, 3.63) is 59.2 Å². The summed E-state index contributed by atoms with van der Waals surface area (Å²) in [5.74, 6) is -0.714. The van der Waals surface area contributed by atoms with E-state index in [1.54, 1.807) is 0 Å². The molecule has 2 rings (SSSR count). The van der Waals surface area contributed by atoms with E-state index in [4.69, 9.17) is 4.55 Å². The molecule has 0 fully saturated rings. The molecule has 0 saturated heterocycles. The lowest BCUT2D eigenvalue weighted by Crippen LogP contribution is -2.13. The predicted molar refractivity (Wildman–Crippen MR) is 80.4 cm³/mol. The molecule has 128 valence electrons. The molecule has 0 bridgehead atoms. The van der Waals surface area contributed by atoms with Gasteiger partial charge in [0.25, 0.3) is 16.0 Å². The molecule has 0 saturated carbocycles. The van der Waals surface area contributed by atoms with Crippen LogP contribution in [0.4, 0.5) is 18.9 Å². The van der Waals surface area contributed by atoms with Crippen LogP contribution in [0.1, 0.15) is 21.5 Å². The third-order valence-electron chi connectivity index (χ3n) is 3.20. The van der Waals surface area contributed by atoms with Crippen LogP contribution < -0.4 is 5.32 Å². The van der Waals surface area contributed by atoms with Crippen molar-refractivity contribution in [3.63, 3.8) is 0 Å². The molecule has 0 radical (unpaired) electrons. The zero-order valence-corrected chi connectivity index (χ0v) is 13.1. The van der Waals surface area contributed by atoms with Gasteiger partial charge in [-0.2, -0.15) is 21.6 Å². The number of hydrogen-bond donors (Lipinski definition) is 2. The van der Waals surface area contributed by atoms with E-state index in [0.29, 0.717) is 0 Å². The van der Waals surface area contributed by atoms with Gasteiger partial charge < -0.3 is 5.32 Å². The molecule has 2 N–H and O–H groups in total. The summed E-state index contributed by atoms with van der Waals surface area (Å²) in [6.07, 6.45) is -4.50. The highest BCUT2D eigenvalue weighted by atomic mass is 32.2.